The van der Waals surface area contributed by atoms with Crippen LogP contribution in [0.2, 0.25) is 0 Å². The summed E-state index contributed by atoms with van der Waals surface area (Å²) in [5.41, 5.74) is 5.37. The first-order valence-corrected chi connectivity index (χ1v) is 7.47. The minimum absolute atomic E-state index is 0.00881. The zero-order valence-corrected chi connectivity index (χ0v) is 11.8. The van der Waals surface area contributed by atoms with Crippen molar-refractivity contribution < 1.29 is 22.7 Å². The van der Waals surface area contributed by atoms with E-state index in [1.165, 1.54) is 19.2 Å². The van der Waals surface area contributed by atoms with Crippen molar-refractivity contribution in [2.75, 3.05) is 17.6 Å². The van der Waals surface area contributed by atoms with Crippen molar-refractivity contribution in [2.45, 2.75) is 12.8 Å². The lowest BCUT2D eigenvalue weighted by Crippen LogP contribution is -2.21. The summed E-state index contributed by atoms with van der Waals surface area (Å²) in [6.45, 7) is 0. The summed E-state index contributed by atoms with van der Waals surface area (Å²) in [4.78, 5) is 22.1. The maximum Gasteiger partial charge on any atom is 0.305 e. The molecule has 0 aliphatic rings. The van der Waals surface area contributed by atoms with Crippen molar-refractivity contribution in [3.63, 3.8) is 0 Å². The number of primary amides is 1. The monoisotopic (exact) mass is 300 g/mol. The second kappa shape index (κ2) is 6.90. The van der Waals surface area contributed by atoms with Crippen LogP contribution in [-0.4, -0.2) is 33.2 Å². The molecule has 0 unspecified atom stereocenters. The highest BCUT2D eigenvalue weighted by molar-refractivity contribution is 7.92. The molecule has 0 saturated heterocycles. The number of nitrogens with one attached hydrogen (secondary N) is 1. The highest BCUT2D eigenvalue weighted by atomic mass is 32.2. The molecule has 1 aromatic carbocycles. The van der Waals surface area contributed by atoms with Crippen molar-refractivity contribution in [2.24, 2.45) is 5.73 Å². The maximum atomic E-state index is 11.8. The lowest BCUT2D eigenvalue weighted by atomic mass is 10.2. The Kier molecular flexibility index (Phi) is 5.51. The number of rotatable bonds is 7. The fourth-order valence-electron chi connectivity index (χ4n) is 1.51. The SMILES string of the molecule is COC(=O)CCCS(=O)(=O)Nc1ccccc1C(N)=O. The first kappa shape index (κ1) is 16.0. The van der Waals surface area contributed by atoms with Gasteiger partial charge < -0.3 is 10.5 Å². The summed E-state index contributed by atoms with van der Waals surface area (Å²) in [7, 11) is -2.43. The van der Waals surface area contributed by atoms with Gasteiger partial charge in [-0.2, -0.15) is 0 Å². The van der Waals surface area contributed by atoms with Crippen LogP contribution in [0.4, 0.5) is 5.69 Å². The van der Waals surface area contributed by atoms with Crippen molar-refractivity contribution in [3.8, 4) is 0 Å². The van der Waals surface area contributed by atoms with E-state index < -0.39 is 21.9 Å². The number of para-hydroxylation sites is 1. The third kappa shape index (κ3) is 4.88. The average Bonchev–Trinajstić information content (AvgIpc) is 2.38. The summed E-state index contributed by atoms with van der Waals surface area (Å²) in [5.74, 6) is -1.45. The molecular formula is C12H16N2O5S. The van der Waals surface area contributed by atoms with Crippen LogP contribution in [0, 0.1) is 0 Å². The Labute approximate surface area is 117 Å². The van der Waals surface area contributed by atoms with E-state index in [2.05, 4.69) is 9.46 Å². The molecule has 8 heteroatoms. The Morgan fingerprint density at radius 3 is 2.55 bits per heavy atom. The molecule has 0 aromatic heterocycles. The molecule has 0 saturated carbocycles. The van der Waals surface area contributed by atoms with Gasteiger partial charge in [0, 0.05) is 6.42 Å². The second-order valence-corrected chi connectivity index (χ2v) is 5.85. The summed E-state index contributed by atoms with van der Waals surface area (Å²) >= 11 is 0. The number of amides is 1. The molecule has 0 radical (unpaired) electrons. The van der Waals surface area contributed by atoms with Gasteiger partial charge in [0.25, 0.3) is 5.91 Å². The smallest absolute Gasteiger partial charge is 0.305 e. The van der Waals surface area contributed by atoms with Crippen molar-refractivity contribution in [3.05, 3.63) is 29.8 Å². The highest BCUT2D eigenvalue weighted by Gasteiger charge is 2.15. The number of hydrogen-bond acceptors (Lipinski definition) is 5. The summed E-state index contributed by atoms with van der Waals surface area (Å²) in [6, 6.07) is 6.03. The van der Waals surface area contributed by atoms with Gasteiger partial charge >= 0.3 is 5.97 Å². The van der Waals surface area contributed by atoms with Gasteiger partial charge in [0.15, 0.2) is 0 Å². The molecule has 1 amide bonds. The molecule has 3 N–H and O–H groups in total. The zero-order chi connectivity index (χ0) is 15.2. The summed E-state index contributed by atoms with van der Waals surface area (Å²) in [6.07, 6.45) is 0.135. The largest absolute Gasteiger partial charge is 0.469 e. The first-order valence-electron chi connectivity index (χ1n) is 5.82. The minimum atomic E-state index is -3.66. The number of hydrogen-bond donors (Lipinski definition) is 2. The van der Waals surface area contributed by atoms with Crippen LogP contribution < -0.4 is 10.5 Å². The van der Waals surface area contributed by atoms with E-state index in [0.717, 1.165) is 0 Å². The average molecular weight is 300 g/mol. The van der Waals surface area contributed by atoms with Crippen molar-refractivity contribution in [1.82, 2.24) is 0 Å². The normalized spacial score (nSPS) is 10.8. The number of nitrogens with two attached hydrogens (primary N) is 1. The van der Waals surface area contributed by atoms with Gasteiger partial charge in [-0.25, -0.2) is 8.42 Å². The van der Waals surface area contributed by atoms with Gasteiger partial charge in [-0.1, -0.05) is 12.1 Å². The first-order chi connectivity index (χ1) is 9.35. The van der Waals surface area contributed by atoms with Gasteiger partial charge in [0.2, 0.25) is 10.0 Å². The predicted octanol–water partition coefficient (Wildman–Crippen LogP) is 0.480. The van der Waals surface area contributed by atoms with Crippen molar-refractivity contribution in [1.29, 1.82) is 0 Å². The number of ether oxygens (including phenoxy) is 1. The van der Waals surface area contributed by atoms with E-state index in [1.807, 2.05) is 0 Å². The van der Waals surface area contributed by atoms with E-state index in [-0.39, 0.29) is 29.8 Å². The van der Waals surface area contributed by atoms with Crippen LogP contribution in [0.15, 0.2) is 24.3 Å². The molecule has 0 atom stereocenters. The Hall–Kier alpha value is -2.09. The Morgan fingerprint density at radius 1 is 1.30 bits per heavy atom. The Balaban J connectivity index is 2.72. The van der Waals surface area contributed by atoms with E-state index in [9.17, 15) is 18.0 Å². The fraction of sp³-hybridized carbons (Fsp3) is 0.333. The van der Waals surface area contributed by atoms with Crippen LogP contribution in [0.1, 0.15) is 23.2 Å². The molecule has 1 aromatic rings. The Morgan fingerprint density at radius 2 is 1.95 bits per heavy atom. The summed E-state index contributed by atoms with van der Waals surface area (Å²) < 4.78 is 30.4. The standard InChI is InChI=1S/C12H16N2O5S/c1-19-11(15)7-4-8-20(17,18)14-10-6-3-2-5-9(10)12(13)16/h2-3,5-6,14H,4,7-8H2,1H3,(H2,13,16). The molecule has 0 fully saturated rings. The van der Waals surface area contributed by atoms with E-state index >= 15 is 0 Å². The van der Waals surface area contributed by atoms with E-state index in [4.69, 9.17) is 5.73 Å². The molecule has 110 valence electrons. The molecule has 7 nitrogen and oxygen atoms in total. The third-order valence-corrected chi connectivity index (χ3v) is 3.84. The van der Waals surface area contributed by atoms with Crippen LogP contribution in [-0.2, 0) is 19.6 Å². The maximum absolute atomic E-state index is 11.8. The van der Waals surface area contributed by atoms with Gasteiger partial charge in [-0.05, 0) is 18.6 Å². The van der Waals surface area contributed by atoms with E-state index in [0.29, 0.717) is 0 Å². The predicted molar refractivity (Wildman–Crippen MR) is 73.6 cm³/mol. The Bertz CT molecular complexity index is 598. The zero-order valence-electron chi connectivity index (χ0n) is 11.0. The number of esters is 1. The third-order valence-electron chi connectivity index (χ3n) is 2.48. The quantitative estimate of drug-likeness (QED) is 0.711. The van der Waals surface area contributed by atoms with Gasteiger partial charge in [-0.3, -0.25) is 14.3 Å². The topological polar surface area (TPSA) is 116 Å². The highest BCUT2D eigenvalue weighted by Crippen LogP contribution is 2.16. The number of benzene rings is 1. The van der Waals surface area contributed by atoms with Crippen LogP contribution in [0.3, 0.4) is 0 Å². The summed E-state index contributed by atoms with van der Waals surface area (Å²) in [5, 5.41) is 0. The molecular weight excluding hydrogens is 284 g/mol. The number of methoxy groups -OCH3 is 1. The van der Waals surface area contributed by atoms with Crippen molar-refractivity contribution >= 4 is 27.6 Å². The van der Waals surface area contributed by atoms with Gasteiger partial charge in [-0.15, -0.1) is 0 Å². The van der Waals surface area contributed by atoms with Crippen LogP contribution in [0.25, 0.3) is 0 Å². The number of anilines is 1. The minimum Gasteiger partial charge on any atom is -0.469 e. The molecule has 0 aliphatic heterocycles. The molecule has 0 aliphatic carbocycles. The van der Waals surface area contributed by atoms with Gasteiger partial charge in [0.1, 0.15) is 0 Å². The van der Waals surface area contributed by atoms with Crippen LogP contribution in [0.5, 0.6) is 0 Å². The lowest BCUT2D eigenvalue weighted by Gasteiger charge is -2.10. The van der Waals surface area contributed by atoms with Gasteiger partial charge in [0.05, 0.1) is 24.1 Å². The fourth-order valence-corrected chi connectivity index (χ4v) is 2.65. The molecule has 0 bridgehead atoms. The number of carbonyl (C=O) groups is 2. The molecule has 0 heterocycles. The second-order valence-electron chi connectivity index (χ2n) is 4.01. The molecule has 1 rings (SSSR count). The lowest BCUT2D eigenvalue weighted by molar-refractivity contribution is -0.140. The molecule has 0 spiro atoms. The number of carbonyl (C=O) groups excluding carboxylic acids is 2. The van der Waals surface area contributed by atoms with E-state index in [1.54, 1.807) is 12.1 Å². The van der Waals surface area contributed by atoms with Crippen LogP contribution >= 0.6 is 0 Å². The number of sulfonamides is 1. The molecule has 20 heavy (non-hydrogen) atoms.